The van der Waals surface area contributed by atoms with Crippen molar-refractivity contribution < 1.29 is 0 Å². The average Bonchev–Trinajstić information content (AvgIpc) is 3.62. The highest BCUT2D eigenvalue weighted by Crippen LogP contribution is 2.31. The van der Waals surface area contributed by atoms with E-state index in [1.54, 1.807) is 0 Å². The first-order valence-electron chi connectivity index (χ1n) is 20.9. The minimum atomic E-state index is 0.282. The summed E-state index contributed by atoms with van der Waals surface area (Å²) in [4.78, 5) is 2.21. The van der Waals surface area contributed by atoms with Crippen LogP contribution >= 0.6 is 0 Å². The van der Waals surface area contributed by atoms with Crippen molar-refractivity contribution in [2.75, 3.05) is 20.6 Å². The molecule has 0 amide bonds. The second-order valence-corrected chi connectivity index (χ2v) is 16.5. The second-order valence-electron chi connectivity index (χ2n) is 16.5. The molecule has 0 aliphatic heterocycles. The lowest BCUT2D eigenvalue weighted by atomic mass is 9.94. The molecule has 6 aromatic rings. The van der Waals surface area contributed by atoms with Crippen LogP contribution < -0.4 is 0 Å². The first-order valence-corrected chi connectivity index (χ1v) is 20.9. The van der Waals surface area contributed by atoms with Gasteiger partial charge in [-0.05, 0) is 54.6 Å². The highest BCUT2D eigenvalue weighted by atomic mass is 15.1. The Morgan fingerprint density at radius 3 is 0.907 bits per heavy atom. The molecule has 0 saturated heterocycles. The standard InChI is InChI=1S/C17H19N.C13H11N.C7H17N.C6H14.4C2H6/c1-17(2,3)12-18-15-10-6-4-8-13(15)14-9-5-7-11-16(14)18;1-14-12-8-4-2-6-10(12)11-7-3-5-9-13(11)14;1-7(2,3)6-8(4)5;1-5-6(2,3)4;4*1-2/h4-11H,12H2,1-3H3;2-9H,1H3;6H2,1-5H3;5H2,1-4H3;4*1-2H3. The molecule has 0 fully saturated rings. The maximum atomic E-state index is 2.45. The highest BCUT2D eigenvalue weighted by Gasteiger charge is 2.16. The molecule has 3 nitrogen and oxygen atoms in total. The third-order valence-corrected chi connectivity index (χ3v) is 7.98. The molecule has 2 heterocycles. The van der Waals surface area contributed by atoms with Crippen molar-refractivity contribution in [3.63, 3.8) is 0 Å². The summed E-state index contributed by atoms with van der Waals surface area (Å²) in [5.41, 5.74) is 6.55. The Hall–Kier alpha value is -3.56. The van der Waals surface area contributed by atoms with Gasteiger partial charge in [-0.15, -0.1) is 0 Å². The zero-order valence-corrected chi connectivity index (χ0v) is 39.2. The van der Waals surface area contributed by atoms with E-state index in [-0.39, 0.29) is 5.41 Å². The zero-order valence-electron chi connectivity index (χ0n) is 39.2. The summed E-state index contributed by atoms with van der Waals surface area (Å²) in [6.07, 6.45) is 1.27. The molecule has 0 bridgehead atoms. The lowest BCUT2D eigenvalue weighted by Gasteiger charge is -2.22. The van der Waals surface area contributed by atoms with Gasteiger partial charge in [0.05, 0.1) is 0 Å². The number of rotatable bonds is 2. The summed E-state index contributed by atoms with van der Waals surface area (Å²) in [5, 5.41) is 5.39. The molecule has 6 rings (SSSR count). The Morgan fingerprint density at radius 1 is 0.426 bits per heavy atom. The van der Waals surface area contributed by atoms with Crippen molar-refractivity contribution in [1.29, 1.82) is 0 Å². The van der Waals surface area contributed by atoms with Crippen molar-refractivity contribution in [2.24, 2.45) is 23.3 Å². The van der Waals surface area contributed by atoms with Crippen molar-refractivity contribution in [3.05, 3.63) is 97.1 Å². The number of aromatic nitrogens is 2. The summed E-state index contributed by atoms with van der Waals surface area (Å²) < 4.78 is 4.69. The van der Waals surface area contributed by atoms with Crippen molar-refractivity contribution in [1.82, 2.24) is 14.0 Å². The summed E-state index contributed by atoms with van der Waals surface area (Å²) in [5.74, 6) is 0. The Morgan fingerprint density at radius 2 is 0.685 bits per heavy atom. The van der Waals surface area contributed by atoms with Crippen molar-refractivity contribution in [2.45, 2.75) is 138 Å². The number of hydrogen-bond donors (Lipinski definition) is 0. The lowest BCUT2D eigenvalue weighted by molar-refractivity contribution is 0.263. The smallest absolute Gasteiger partial charge is 0.0491 e. The van der Waals surface area contributed by atoms with Crippen molar-refractivity contribution in [3.8, 4) is 0 Å². The van der Waals surface area contributed by atoms with E-state index in [9.17, 15) is 0 Å². The molecule has 54 heavy (non-hydrogen) atoms. The van der Waals surface area contributed by atoms with E-state index < -0.39 is 0 Å². The highest BCUT2D eigenvalue weighted by molar-refractivity contribution is 6.08. The fourth-order valence-corrected chi connectivity index (χ4v) is 5.71. The van der Waals surface area contributed by atoms with Crippen LogP contribution in [-0.2, 0) is 13.6 Å². The van der Waals surface area contributed by atoms with Gasteiger partial charge in [-0.1, -0.05) is 204 Å². The van der Waals surface area contributed by atoms with Gasteiger partial charge in [-0.2, -0.15) is 0 Å². The zero-order chi connectivity index (χ0) is 42.3. The van der Waals surface area contributed by atoms with Gasteiger partial charge >= 0.3 is 0 Å². The van der Waals surface area contributed by atoms with Gasteiger partial charge in [0.1, 0.15) is 0 Å². The quantitative estimate of drug-likeness (QED) is 0.172. The summed E-state index contributed by atoms with van der Waals surface area (Å²) in [7, 11) is 6.32. The van der Waals surface area contributed by atoms with Gasteiger partial charge in [0.15, 0.2) is 0 Å². The SMILES string of the molecule is CC.CC.CC.CC.CC(C)(C)Cn1c2ccccc2c2ccccc21.CCC(C)(C)C.CN(C)CC(C)(C)C.Cn1c2ccccc2c2ccccc21. The molecule has 0 radical (unpaired) electrons. The van der Waals surface area contributed by atoms with Gasteiger partial charge in [-0.3, -0.25) is 0 Å². The van der Waals surface area contributed by atoms with Crippen LogP contribution in [0.4, 0.5) is 0 Å². The fraction of sp³-hybridized carbons (Fsp3) is 0.529. The predicted octanol–water partition coefficient (Wildman–Crippen LogP) is 16.3. The van der Waals surface area contributed by atoms with Crippen LogP contribution in [0.1, 0.15) is 131 Å². The van der Waals surface area contributed by atoms with Crippen LogP contribution in [0.5, 0.6) is 0 Å². The number of benzene rings is 4. The van der Waals surface area contributed by atoms with E-state index in [1.165, 1.54) is 50.0 Å². The number of hydrogen-bond acceptors (Lipinski definition) is 1. The van der Waals surface area contributed by atoms with Gasteiger partial charge in [0.25, 0.3) is 0 Å². The van der Waals surface area contributed by atoms with Crippen LogP contribution in [0.2, 0.25) is 0 Å². The molecule has 0 unspecified atom stereocenters. The normalized spacial score (nSPS) is 10.7. The molecule has 4 aromatic carbocycles. The summed E-state index contributed by atoms with van der Waals surface area (Å²) >= 11 is 0. The van der Waals surface area contributed by atoms with Crippen LogP contribution in [-0.4, -0.2) is 34.7 Å². The van der Waals surface area contributed by atoms with Crippen molar-refractivity contribution >= 4 is 43.6 Å². The lowest BCUT2D eigenvalue weighted by Crippen LogP contribution is -2.25. The van der Waals surface area contributed by atoms with E-state index in [4.69, 9.17) is 0 Å². The maximum Gasteiger partial charge on any atom is 0.0491 e. The minimum absolute atomic E-state index is 0.282. The van der Waals surface area contributed by atoms with Gasteiger partial charge in [0, 0.05) is 63.7 Å². The summed E-state index contributed by atoms with van der Waals surface area (Å²) in [6.45, 7) is 40.7. The van der Waals surface area contributed by atoms with E-state index in [0.29, 0.717) is 10.8 Å². The van der Waals surface area contributed by atoms with E-state index >= 15 is 0 Å². The Bertz CT molecular complexity index is 1710. The molecule has 0 saturated carbocycles. The molecule has 2 aromatic heterocycles. The van der Waals surface area contributed by atoms with Crippen LogP contribution in [0.25, 0.3) is 43.6 Å². The van der Waals surface area contributed by atoms with Crippen LogP contribution in [0.15, 0.2) is 97.1 Å². The number of fused-ring (bicyclic) bond motifs is 6. The molecule has 0 aliphatic carbocycles. The average molecular weight is 740 g/mol. The minimum Gasteiger partial charge on any atom is -0.344 e. The number of aryl methyl sites for hydroxylation is 1. The topological polar surface area (TPSA) is 13.1 Å². The first kappa shape index (κ1) is 52.5. The largest absolute Gasteiger partial charge is 0.344 e. The van der Waals surface area contributed by atoms with Gasteiger partial charge in [-0.25, -0.2) is 0 Å². The molecular weight excluding hydrogens is 655 g/mol. The van der Waals surface area contributed by atoms with Gasteiger partial charge in [0.2, 0.25) is 0 Å². The third kappa shape index (κ3) is 18.2. The molecular formula is C51H85N3. The number of nitrogens with zero attached hydrogens (tertiary/aromatic N) is 3. The second kappa shape index (κ2) is 26.3. The fourth-order valence-electron chi connectivity index (χ4n) is 5.71. The Balaban J connectivity index is 0. The molecule has 0 N–H and O–H groups in total. The maximum absolute atomic E-state index is 2.45. The third-order valence-electron chi connectivity index (χ3n) is 7.98. The first-order chi connectivity index (χ1) is 25.4. The number of para-hydroxylation sites is 4. The van der Waals surface area contributed by atoms with E-state index in [1.807, 2.05) is 55.4 Å². The molecule has 3 heteroatoms. The van der Waals surface area contributed by atoms with E-state index in [0.717, 1.165) is 13.1 Å². The molecule has 0 atom stereocenters. The Kier molecular flexibility index (Phi) is 25.6. The molecule has 304 valence electrons. The van der Waals surface area contributed by atoms with Gasteiger partial charge < -0.3 is 14.0 Å². The molecule has 0 aliphatic rings. The van der Waals surface area contributed by atoms with Crippen LogP contribution in [0.3, 0.4) is 0 Å². The van der Waals surface area contributed by atoms with E-state index in [2.05, 4.69) is 201 Å². The monoisotopic (exact) mass is 740 g/mol. The predicted molar refractivity (Wildman–Crippen MR) is 252 cm³/mol. The van der Waals surface area contributed by atoms with Crippen LogP contribution in [0, 0.1) is 16.2 Å². The Labute approximate surface area is 335 Å². The molecule has 0 spiro atoms. The summed E-state index contributed by atoms with van der Waals surface area (Å²) in [6, 6.07) is 34.4.